The summed E-state index contributed by atoms with van der Waals surface area (Å²) < 4.78 is 27.6. The number of nitrogens with zero attached hydrogens (tertiary/aromatic N) is 2. The van der Waals surface area contributed by atoms with Gasteiger partial charge in [-0.15, -0.1) is 0 Å². The van der Waals surface area contributed by atoms with Crippen LogP contribution in [0.5, 0.6) is 0 Å². The zero-order valence-electron chi connectivity index (χ0n) is 21.3. The van der Waals surface area contributed by atoms with E-state index in [1.165, 1.54) is 4.90 Å². The fraction of sp³-hybridized carbons (Fsp3) is 0.462. The van der Waals surface area contributed by atoms with Crippen molar-refractivity contribution in [3.8, 4) is 0 Å². The van der Waals surface area contributed by atoms with Crippen LogP contribution in [0, 0.1) is 0 Å². The molecule has 0 aromatic heterocycles. The second kappa shape index (κ2) is 12.5. The maximum atomic E-state index is 13.7. The van der Waals surface area contributed by atoms with E-state index in [1.807, 2.05) is 64.1 Å². The number of anilines is 1. The van der Waals surface area contributed by atoms with Gasteiger partial charge in [0.1, 0.15) is 12.6 Å². The third kappa shape index (κ3) is 8.07. The molecule has 0 saturated carbocycles. The van der Waals surface area contributed by atoms with Gasteiger partial charge in [-0.2, -0.15) is 0 Å². The summed E-state index contributed by atoms with van der Waals surface area (Å²) >= 11 is 3.45. The quantitative estimate of drug-likeness (QED) is 0.429. The van der Waals surface area contributed by atoms with Gasteiger partial charge >= 0.3 is 0 Å². The van der Waals surface area contributed by atoms with Gasteiger partial charge in [-0.05, 0) is 55.5 Å². The van der Waals surface area contributed by atoms with E-state index in [1.54, 1.807) is 19.1 Å². The van der Waals surface area contributed by atoms with Crippen LogP contribution in [0.3, 0.4) is 0 Å². The van der Waals surface area contributed by atoms with E-state index in [0.29, 0.717) is 5.69 Å². The number of carbonyl (C=O) groups excluding carboxylic acids is 2. The van der Waals surface area contributed by atoms with Crippen LogP contribution in [0.4, 0.5) is 5.69 Å². The average molecular weight is 567 g/mol. The second-order valence-corrected chi connectivity index (χ2v) is 12.0. The summed E-state index contributed by atoms with van der Waals surface area (Å²) in [4.78, 5) is 28.1. The van der Waals surface area contributed by atoms with Gasteiger partial charge in [0, 0.05) is 17.1 Å². The molecule has 0 saturated heterocycles. The van der Waals surface area contributed by atoms with Gasteiger partial charge in [0.2, 0.25) is 21.8 Å². The van der Waals surface area contributed by atoms with Gasteiger partial charge in [0.05, 0.1) is 11.9 Å². The summed E-state index contributed by atoms with van der Waals surface area (Å²) in [5.41, 5.74) is 2.12. The molecule has 2 rings (SSSR count). The number of rotatable bonds is 11. The highest BCUT2D eigenvalue weighted by Gasteiger charge is 2.31. The van der Waals surface area contributed by atoms with Crippen molar-refractivity contribution in [1.82, 2.24) is 10.2 Å². The third-order valence-corrected chi connectivity index (χ3v) is 7.54. The first-order valence-electron chi connectivity index (χ1n) is 11.8. The number of para-hydroxylation sites is 1. The number of halogens is 1. The van der Waals surface area contributed by atoms with Gasteiger partial charge in [0.15, 0.2) is 0 Å². The molecule has 0 aliphatic rings. The van der Waals surface area contributed by atoms with Crippen molar-refractivity contribution >= 4 is 43.5 Å². The molecule has 0 heterocycles. The van der Waals surface area contributed by atoms with Crippen LogP contribution in [0.2, 0.25) is 0 Å². The van der Waals surface area contributed by atoms with Crippen molar-refractivity contribution in [2.45, 2.75) is 65.6 Å². The molecule has 0 unspecified atom stereocenters. The van der Waals surface area contributed by atoms with Crippen LogP contribution in [0.15, 0.2) is 53.0 Å². The second-order valence-electron chi connectivity index (χ2n) is 9.13. The normalized spacial score (nSPS) is 13.3. The van der Waals surface area contributed by atoms with E-state index >= 15 is 0 Å². The Morgan fingerprint density at radius 1 is 1.03 bits per heavy atom. The van der Waals surface area contributed by atoms with Crippen molar-refractivity contribution in [2.75, 3.05) is 17.1 Å². The zero-order valence-corrected chi connectivity index (χ0v) is 23.7. The molecule has 0 spiro atoms. The largest absolute Gasteiger partial charge is 0.352 e. The minimum atomic E-state index is -3.77. The van der Waals surface area contributed by atoms with E-state index in [4.69, 9.17) is 0 Å². The maximum absolute atomic E-state index is 13.7. The Bertz CT molecular complexity index is 1140. The molecule has 9 heteroatoms. The molecule has 7 nitrogen and oxygen atoms in total. The van der Waals surface area contributed by atoms with E-state index in [-0.39, 0.29) is 24.4 Å². The molecule has 35 heavy (non-hydrogen) atoms. The average Bonchev–Trinajstić information content (AvgIpc) is 2.79. The summed E-state index contributed by atoms with van der Waals surface area (Å²) in [7, 11) is -3.77. The first kappa shape index (κ1) is 28.8. The first-order valence-corrected chi connectivity index (χ1v) is 14.4. The molecular weight excluding hydrogens is 530 g/mol. The monoisotopic (exact) mass is 565 g/mol. The molecule has 2 aromatic carbocycles. The molecule has 0 bridgehead atoms. The Morgan fingerprint density at radius 2 is 1.69 bits per heavy atom. The predicted octanol–water partition coefficient (Wildman–Crippen LogP) is 4.67. The van der Waals surface area contributed by atoms with Crippen LogP contribution in [0.25, 0.3) is 0 Å². The zero-order chi connectivity index (χ0) is 26.3. The minimum absolute atomic E-state index is 0.0433. The SMILES string of the molecule is CC[C@@H](C)NC(=O)[C@H](C)N(Cc1cccc(Br)c1)C(=O)CN(c1ccccc1C(C)C)S(C)(=O)=O. The molecule has 2 aromatic rings. The maximum Gasteiger partial charge on any atom is 0.244 e. The summed E-state index contributed by atoms with van der Waals surface area (Å²) in [5.74, 6) is -0.680. The molecule has 2 amide bonds. The number of nitrogens with one attached hydrogen (secondary N) is 1. The molecule has 0 fully saturated rings. The molecule has 0 radical (unpaired) electrons. The molecule has 0 aliphatic heterocycles. The fourth-order valence-electron chi connectivity index (χ4n) is 3.68. The number of hydrogen-bond acceptors (Lipinski definition) is 4. The minimum Gasteiger partial charge on any atom is -0.352 e. The summed E-state index contributed by atoms with van der Waals surface area (Å²) in [6.45, 7) is 9.24. The lowest BCUT2D eigenvalue weighted by Gasteiger charge is -2.32. The van der Waals surface area contributed by atoms with Gasteiger partial charge in [0.25, 0.3) is 0 Å². The number of hydrogen-bond donors (Lipinski definition) is 1. The van der Waals surface area contributed by atoms with Crippen molar-refractivity contribution in [3.63, 3.8) is 0 Å². The lowest BCUT2D eigenvalue weighted by atomic mass is 10.0. The van der Waals surface area contributed by atoms with Crippen molar-refractivity contribution in [2.24, 2.45) is 0 Å². The Hall–Kier alpha value is -2.39. The lowest BCUT2D eigenvalue weighted by Crippen LogP contribution is -2.52. The molecule has 2 atom stereocenters. The highest BCUT2D eigenvalue weighted by molar-refractivity contribution is 9.10. The summed E-state index contributed by atoms with van der Waals surface area (Å²) in [6, 6.07) is 13.8. The fourth-order valence-corrected chi connectivity index (χ4v) is 4.99. The van der Waals surface area contributed by atoms with E-state index in [0.717, 1.165) is 32.6 Å². The molecule has 192 valence electrons. The first-order chi connectivity index (χ1) is 16.3. The Labute approximate surface area is 218 Å². The van der Waals surface area contributed by atoms with Crippen molar-refractivity contribution in [1.29, 1.82) is 0 Å². The number of sulfonamides is 1. The van der Waals surface area contributed by atoms with Crippen LogP contribution in [0.1, 0.15) is 58.1 Å². The highest BCUT2D eigenvalue weighted by Crippen LogP contribution is 2.29. The number of carbonyl (C=O) groups is 2. The number of benzene rings is 2. The van der Waals surface area contributed by atoms with Crippen LogP contribution in [-0.2, 0) is 26.2 Å². The van der Waals surface area contributed by atoms with E-state index in [9.17, 15) is 18.0 Å². The smallest absolute Gasteiger partial charge is 0.244 e. The van der Waals surface area contributed by atoms with E-state index in [2.05, 4.69) is 21.2 Å². The standard InChI is InChI=1S/C26H36BrN3O4S/c1-7-19(4)28-26(32)20(5)29(16-21-11-10-12-22(27)15-21)25(31)17-30(35(6,33)34)24-14-9-8-13-23(24)18(2)3/h8-15,18-20H,7,16-17H2,1-6H3,(H,28,32)/t19-,20+/m1/s1. The third-order valence-electron chi connectivity index (χ3n) is 5.92. The lowest BCUT2D eigenvalue weighted by molar-refractivity contribution is -0.139. The Morgan fingerprint density at radius 3 is 2.26 bits per heavy atom. The predicted molar refractivity (Wildman–Crippen MR) is 145 cm³/mol. The molecule has 1 N–H and O–H groups in total. The van der Waals surface area contributed by atoms with Gasteiger partial charge in [-0.1, -0.05) is 67.0 Å². The highest BCUT2D eigenvalue weighted by atomic mass is 79.9. The topological polar surface area (TPSA) is 86.8 Å². The Kier molecular flexibility index (Phi) is 10.3. The van der Waals surface area contributed by atoms with Gasteiger partial charge in [-0.3, -0.25) is 13.9 Å². The van der Waals surface area contributed by atoms with Crippen LogP contribution < -0.4 is 9.62 Å². The Balaban J connectivity index is 2.45. The molecule has 0 aliphatic carbocycles. The molecular formula is C26H36BrN3O4S. The van der Waals surface area contributed by atoms with Crippen molar-refractivity contribution < 1.29 is 18.0 Å². The van der Waals surface area contributed by atoms with Gasteiger partial charge < -0.3 is 10.2 Å². The van der Waals surface area contributed by atoms with Crippen LogP contribution >= 0.6 is 15.9 Å². The summed E-state index contributed by atoms with van der Waals surface area (Å²) in [6.07, 6.45) is 1.85. The van der Waals surface area contributed by atoms with Crippen LogP contribution in [-0.4, -0.2) is 50.0 Å². The number of amides is 2. The van der Waals surface area contributed by atoms with Gasteiger partial charge in [-0.25, -0.2) is 8.42 Å². The van der Waals surface area contributed by atoms with E-state index < -0.39 is 28.5 Å². The summed E-state index contributed by atoms with van der Waals surface area (Å²) in [5, 5.41) is 2.93. The van der Waals surface area contributed by atoms with Crippen molar-refractivity contribution in [3.05, 3.63) is 64.1 Å².